The summed E-state index contributed by atoms with van der Waals surface area (Å²) in [6.45, 7) is 3.93. The van der Waals surface area contributed by atoms with Gasteiger partial charge in [-0.05, 0) is 20.1 Å². The summed E-state index contributed by atoms with van der Waals surface area (Å²) in [7, 11) is 0. The molecule has 0 aliphatic rings. The second-order valence-corrected chi connectivity index (χ2v) is 4.51. The number of rotatable bonds is 2. The van der Waals surface area contributed by atoms with E-state index in [0.29, 0.717) is 10.8 Å². The Hall–Kier alpha value is -0.810. The van der Waals surface area contributed by atoms with Gasteiger partial charge in [-0.1, -0.05) is 11.6 Å². The first-order valence-electron chi connectivity index (χ1n) is 4.50. The predicted molar refractivity (Wildman–Crippen MR) is 62.5 cm³/mol. The summed E-state index contributed by atoms with van der Waals surface area (Å²) in [5.74, 6) is 1.74. The molecule has 0 radical (unpaired) electrons. The van der Waals surface area contributed by atoms with E-state index in [9.17, 15) is 0 Å². The van der Waals surface area contributed by atoms with Crippen molar-refractivity contribution in [2.75, 3.05) is 6.26 Å². The second kappa shape index (κ2) is 3.98. The fourth-order valence-corrected chi connectivity index (χ4v) is 2.16. The normalized spacial score (nSPS) is 11.2. The zero-order valence-electron chi connectivity index (χ0n) is 8.78. The fraction of sp³-hybridized carbons (Fsp3) is 0.444. The van der Waals surface area contributed by atoms with Crippen molar-refractivity contribution in [3.63, 3.8) is 0 Å². The summed E-state index contributed by atoms with van der Waals surface area (Å²) in [6.07, 6.45) is 2.03. The fourth-order valence-electron chi connectivity index (χ4n) is 1.47. The third-order valence-corrected chi connectivity index (χ3v) is 3.11. The van der Waals surface area contributed by atoms with Crippen molar-refractivity contribution < 1.29 is 0 Å². The minimum atomic E-state index is 0.415. The molecule has 0 N–H and O–H groups in total. The standard InChI is InChI=1S/C9H11ClN4S/c1-5-6(2)14-7(4-15-3)12-13-9(14)8(10)11-5/h4H2,1-3H3. The highest BCUT2D eigenvalue weighted by Crippen LogP contribution is 2.19. The van der Waals surface area contributed by atoms with Gasteiger partial charge in [-0.2, -0.15) is 11.8 Å². The Morgan fingerprint density at radius 2 is 2.07 bits per heavy atom. The van der Waals surface area contributed by atoms with Crippen molar-refractivity contribution in [2.24, 2.45) is 0 Å². The van der Waals surface area contributed by atoms with Crippen LogP contribution in [0.3, 0.4) is 0 Å². The summed E-state index contributed by atoms with van der Waals surface area (Å²) in [4.78, 5) is 4.21. The Balaban J connectivity index is 2.77. The monoisotopic (exact) mass is 242 g/mol. The lowest BCUT2D eigenvalue weighted by atomic mass is 10.3. The molecule has 80 valence electrons. The Kier molecular flexibility index (Phi) is 2.84. The van der Waals surface area contributed by atoms with Crippen molar-refractivity contribution >= 4 is 29.0 Å². The van der Waals surface area contributed by atoms with E-state index in [4.69, 9.17) is 11.6 Å². The van der Waals surface area contributed by atoms with E-state index >= 15 is 0 Å². The first-order valence-corrected chi connectivity index (χ1v) is 6.28. The lowest BCUT2D eigenvalue weighted by molar-refractivity contribution is 0.934. The third kappa shape index (κ3) is 1.70. The zero-order chi connectivity index (χ0) is 11.0. The predicted octanol–water partition coefficient (Wildman–Crippen LogP) is 2.26. The molecule has 0 fully saturated rings. The molecule has 0 bridgehead atoms. The molecule has 2 aromatic rings. The van der Waals surface area contributed by atoms with Crippen LogP contribution in [0.5, 0.6) is 0 Å². The maximum atomic E-state index is 6.01. The lowest BCUT2D eigenvalue weighted by Gasteiger charge is -2.06. The summed E-state index contributed by atoms with van der Waals surface area (Å²) >= 11 is 7.71. The molecule has 2 rings (SSSR count). The molecule has 6 heteroatoms. The van der Waals surface area contributed by atoms with Crippen molar-refractivity contribution in [1.82, 2.24) is 19.6 Å². The van der Waals surface area contributed by atoms with Crippen molar-refractivity contribution in [3.05, 3.63) is 22.4 Å². The molecule has 2 aromatic heterocycles. The van der Waals surface area contributed by atoms with Crippen molar-refractivity contribution in [2.45, 2.75) is 19.6 Å². The van der Waals surface area contributed by atoms with Crippen molar-refractivity contribution in [3.8, 4) is 0 Å². The maximum absolute atomic E-state index is 6.01. The van der Waals surface area contributed by atoms with Gasteiger partial charge < -0.3 is 0 Å². The average Bonchev–Trinajstić information content (AvgIpc) is 2.60. The minimum absolute atomic E-state index is 0.415. The summed E-state index contributed by atoms with van der Waals surface area (Å²) in [6, 6.07) is 0. The van der Waals surface area contributed by atoms with E-state index in [0.717, 1.165) is 23.0 Å². The minimum Gasteiger partial charge on any atom is -0.279 e. The number of fused-ring (bicyclic) bond motifs is 1. The van der Waals surface area contributed by atoms with Crippen LogP contribution in [-0.2, 0) is 5.75 Å². The number of aryl methyl sites for hydroxylation is 2. The van der Waals surface area contributed by atoms with Crippen LogP contribution in [-0.4, -0.2) is 25.8 Å². The van der Waals surface area contributed by atoms with E-state index in [1.807, 2.05) is 24.5 Å². The molecule has 0 atom stereocenters. The topological polar surface area (TPSA) is 43.1 Å². The second-order valence-electron chi connectivity index (χ2n) is 3.28. The van der Waals surface area contributed by atoms with Crippen LogP contribution in [0, 0.1) is 13.8 Å². The van der Waals surface area contributed by atoms with E-state index in [1.165, 1.54) is 0 Å². The lowest BCUT2D eigenvalue weighted by Crippen LogP contribution is -2.02. The molecular formula is C9H11ClN4S. The molecule has 0 saturated heterocycles. The first-order chi connectivity index (χ1) is 7.15. The van der Waals surface area contributed by atoms with Crippen molar-refractivity contribution in [1.29, 1.82) is 0 Å². The van der Waals surface area contributed by atoms with Gasteiger partial charge in [0.15, 0.2) is 10.8 Å². The number of thioether (sulfide) groups is 1. The van der Waals surface area contributed by atoms with Gasteiger partial charge >= 0.3 is 0 Å². The maximum Gasteiger partial charge on any atom is 0.198 e. The summed E-state index contributed by atoms with van der Waals surface area (Å²) in [5.41, 5.74) is 2.60. The van der Waals surface area contributed by atoms with Crippen LogP contribution >= 0.6 is 23.4 Å². The van der Waals surface area contributed by atoms with Gasteiger partial charge in [-0.25, -0.2) is 4.98 Å². The van der Waals surface area contributed by atoms with Gasteiger partial charge in [0.25, 0.3) is 0 Å². The van der Waals surface area contributed by atoms with Gasteiger partial charge in [-0.15, -0.1) is 10.2 Å². The Morgan fingerprint density at radius 3 is 2.73 bits per heavy atom. The molecule has 4 nitrogen and oxygen atoms in total. The summed E-state index contributed by atoms with van der Waals surface area (Å²) in [5, 5.41) is 8.57. The number of halogens is 1. The Labute approximate surface area is 97.1 Å². The third-order valence-electron chi connectivity index (χ3n) is 2.31. The highest BCUT2D eigenvalue weighted by molar-refractivity contribution is 7.97. The molecule has 0 spiro atoms. The van der Waals surface area contributed by atoms with E-state index in [1.54, 1.807) is 11.8 Å². The smallest absolute Gasteiger partial charge is 0.198 e. The van der Waals surface area contributed by atoms with Crippen LogP contribution in [0.15, 0.2) is 0 Å². The zero-order valence-corrected chi connectivity index (χ0v) is 10.4. The number of nitrogens with zero attached hydrogens (tertiary/aromatic N) is 4. The highest BCUT2D eigenvalue weighted by atomic mass is 35.5. The van der Waals surface area contributed by atoms with E-state index in [-0.39, 0.29) is 0 Å². The summed E-state index contributed by atoms with van der Waals surface area (Å²) < 4.78 is 1.97. The van der Waals surface area contributed by atoms with E-state index in [2.05, 4.69) is 15.2 Å². The average molecular weight is 243 g/mol. The van der Waals surface area contributed by atoms with Crippen LogP contribution in [0.2, 0.25) is 5.15 Å². The van der Waals surface area contributed by atoms with Gasteiger partial charge in [0, 0.05) is 5.69 Å². The van der Waals surface area contributed by atoms with Gasteiger partial charge in [0.1, 0.15) is 5.82 Å². The van der Waals surface area contributed by atoms with Gasteiger partial charge in [-0.3, -0.25) is 4.40 Å². The van der Waals surface area contributed by atoms with Gasteiger partial charge in [0.05, 0.1) is 11.4 Å². The number of hydrogen-bond acceptors (Lipinski definition) is 4. The molecule has 0 unspecified atom stereocenters. The van der Waals surface area contributed by atoms with Crippen LogP contribution < -0.4 is 0 Å². The number of aromatic nitrogens is 4. The molecule has 0 amide bonds. The number of hydrogen-bond donors (Lipinski definition) is 0. The molecule has 0 aliphatic carbocycles. The van der Waals surface area contributed by atoms with Gasteiger partial charge in [0.2, 0.25) is 0 Å². The van der Waals surface area contributed by atoms with Crippen LogP contribution in [0.4, 0.5) is 0 Å². The SMILES string of the molecule is CSCc1nnc2c(Cl)nc(C)c(C)n12. The molecular weight excluding hydrogens is 232 g/mol. The molecule has 0 aliphatic heterocycles. The Morgan fingerprint density at radius 1 is 1.33 bits per heavy atom. The van der Waals surface area contributed by atoms with E-state index < -0.39 is 0 Å². The van der Waals surface area contributed by atoms with Crippen LogP contribution in [0.25, 0.3) is 5.65 Å². The Bertz CT molecular complexity index is 508. The first kappa shape index (κ1) is 10.7. The quantitative estimate of drug-likeness (QED) is 0.810. The highest BCUT2D eigenvalue weighted by Gasteiger charge is 2.13. The molecule has 0 saturated carbocycles. The molecule has 2 heterocycles. The molecule has 15 heavy (non-hydrogen) atoms. The molecule has 0 aromatic carbocycles. The largest absolute Gasteiger partial charge is 0.279 e. The van der Waals surface area contributed by atoms with Crippen LogP contribution in [0.1, 0.15) is 17.2 Å².